The lowest BCUT2D eigenvalue weighted by Crippen LogP contribution is -2.49. The summed E-state index contributed by atoms with van der Waals surface area (Å²) in [7, 11) is 1.59. The van der Waals surface area contributed by atoms with Gasteiger partial charge in [0.25, 0.3) is 0 Å². The van der Waals surface area contributed by atoms with Crippen LogP contribution in [0.4, 0.5) is 0 Å². The summed E-state index contributed by atoms with van der Waals surface area (Å²) in [5.74, 6) is 0.111. The van der Waals surface area contributed by atoms with Crippen LogP contribution < -0.4 is 4.74 Å². The van der Waals surface area contributed by atoms with E-state index in [1.165, 1.54) is 0 Å². The Morgan fingerprint density at radius 3 is 2.65 bits per heavy atom. The molecule has 3 nitrogen and oxygen atoms in total. The maximum Gasteiger partial charge on any atom is 0.314 e. The second-order valence-corrected chi connectivity index (χ2v) is 4.92. The Labute approximate surface area is 101 Å². The third-order valence-electron chi connectivity index (χ3n) is 4.03. The van der Waals surface area contributed by atoms with Gasteiger partial charge in [-0.25, -0.2) is 0 Å². The molecule has 0 amide bonds. The minimum Gasteiger partial charge on any atom is -0.496 e. The lowest BCUT2D eigenvalue weighted by molar-refractivity contribution is -0.151. The molecule has 0 spiro atoms. The Kier molecular flexibility index (Phi) is 2.86. The minimum absolute atomic E-state index is 0.163. The normalized spacial score (nSPS) is 27.4. The van der Waals surface area contributed by atoms with Gasteiger partial charge >= 0.3 is 5.97 Å². The van der Waals surface area contributed by atoms with Gasteiger partial charge in [-0.3, -0.25) is 4.79 Å². The highest BCUT2D eigenvalue weighted by atomic mass is 16.5. The van der Waals surface area contributed by atoms with E-state index in [1.54, 1.807) is 7.11 Å². The van der Waals surface area contributed by atoms with Crippen LogP contribution in [-0.4, -0.2) is 18.2 Å². The number of benzene rings is 1. The molecule has 0 radical (unpaired) electrons. The van der Waals surface area contributed by atoms with Gasteiger partial charge in [0.1, 0.15) is 5.75 Å². The Bertz CT molecular complexity index is 453. The van der Waals surface area contributed by atoms with Crippen LogP contribution in [0.3, 0.4) is 0 Å². The lowest BCUT2D eigenvalue weighted by Gasteiger charge is -2.45. The zero-order valence-electron chi connectivity index (χ0n) is 10.5. The average Bonchev–Trinajstić information content (AvgIpc) is 2.27. The number of rotatable bonds is 3. The molecule has 1 aliphatic carbocycles. The molecule has 2 unspecified atom stereocenters. The van der Waals surface area contributed by atoms with Crippen molar-refractivity contribution in [2.75, 3.05) is 7.11 Å². The van der Waals surface area contributed by atoms with Gasteiger partial charge in [-0.1, -0.05) is 24.6 Å². The second kappa shape index (κ2) is 4.06. The SMILES string of the molecule is COc1ccc(C)cc1C1(C(=O)O)CCC1C. The molecule has 1 aromatic rings. The molecular weight excluding hydrogens is 216 g/mol. The van der Waals surface area contributed by atoms with Crippen LogP contribution in [0, 0.1) is 12.8 Å². The van der Waals surface area contributed by atoms with Gasteiger partial charge in [-0.2, -0.15) is 0 Å². The summed E-state index contributed by atoms with van der Waals surface area (Å²) in [6.07, 6.45) is 1.66. The number of carboxylic acids is 1. The number of ether oxygens (including phenoxy) is 1. The Hall–Kier alpha value is -1.51. The fourth-order valence-electron chi connectivity index (χ4n) is 2.73. The topological polar surface area (TPSA) is 46.5 Å². The smallest absolute Gasteiger partial charge is 0.314 e. The molecule has 1 saturated carbocycles. The number of hydrogen-bond donors (Lipinski definition) is 1. The lowest BCUT2D eigenvalue weighted by atomic mass is 9.57. The van der Waals surface area contributed by atoms with Crippen LogP contribution >= 0.6 is 0 Å². The zero-order valence-corrected chi connectivity index (χ0v) is 10.5. The first kappa shape index (κ1) is 12.0. The highest BCUT2D eigenvalue weighted by molar-refractivity contribution is 5.84. The summed E-state index contributed by atoms with van der Waals surface area (Å²) >= 11 is 0. The summed E-state index contributed by atoms with van der Waals surface area (Å²) in [4.78, 5) is 11.6. The molecule has 92 valence electrons. The highest BCUT2D eigenvalue weighted by Gasteiger charge is 2.53. The van der Waals surface area contributed by atoms with E-state index in [9.17, 15) is 9.90 Å². The summed E-state index contributed by atoms with van der Waals surface area (Å²) in [5, 5.41) is 9.56. The molecule has 2 rings (SSSR count). The van der Waals surface area contributed by atoms with Crippen molar-refractivity contribution in [1.29, 1.82) is 0 Å². The van der Waals surface area contributed by atoms with E-state index in [-0.39, 0.29) is 5.92 Å². The first-order chi connectivity index (χ1) is 8.02. The van der Waals surface area contributed by atoms with E-state index in [0.29, 0.717) is 12.2 Å². The predicted octanol–water partition coefficient (Wildman–Crippen LogP) is 2.76. The van der Waals surface area contributed by atoms with Gasteiger partial charge in [0.15, 0.2) is 0 Å². The zero-order chi connectivity index (χ0) is 12.6. The van der Waals surface area contributed by atoms with Crippen molar-refractivity contribution in [2.24, 2.45) is 5.92 Å². The van der Waals surface area contributed by atoms with Crippen LogP contribution in [0.2, 0.25) is 0 Å². The fourth-order valence-corrected chi connectivity index (χ4v) is 2.73. The van der Waals surface area contributed by atoms with Gasteiger partial charge in [-0.05, 0) is 31.7 Å². The third kappa shape index (κ3) is 1.61. The van der Waals surface area contributed by atoms with E-state index < -0.39 is 11.4 Å². The molecule has 0 bridgehead atoms. The van der Waals surface area contributed by atoms with E-state index >= 15 is 0 Å². The van der Waals surface area contributed by atoms with Crippen LogP contribution in [0.25, 0.3) is 0 Å². The molecule has 0 aliphatic heterocycles. The second-order valence-electron chi connectivity index (χ2n) is 4.92. The van der Waals surface area contributed by atoms with Crippen molar-refractivity contribution in [1.82, 2.24) is 0 Å². The van der Waals surface area contributed by atoms with E-state index in [0.717, 1.165) is 17.5 Å². The molecule has 1 aliphatic rings. The molecule has 1 aromatic carbocycles. The number of methoxy groups -OCH3 is 1. The molecule has 17 heavy (non-hydrogen) atoms. The molecule has 1 fully saturated rings. The molecule has 0 aromatic heterocycles. The molecule has 0 saturated heterocycles. The molecule has 1 N–H and O–H groups in total. The van der Waals surface area contributed by atoms with Crippen molar-refractivity contribution in [3.8, 4) is 5.75 Å². The van der Waals surface area contributed by atoms with Gasteiger partial charge < -0.3 is 9.84 Å². The Morgan fingerprint density at radius 2 is 2.24 bits per heavy atom. The van der Waals surface area contributed by atoms with Crippen molar-refractivity contribution in [3.63, 3.8) is 0 Å². The van der Waals surface area contributed by atoms with E-state index in [1.807, 2.05) is 32.0 Å². The van der Waals surface area contributed by atoms with Crippen LogP contribution in [0.5, 0.6) is 5.75 Å². The highest BCUT2D eigenvalue weighted by Crippen LogP contribution is 2.51. The number of aliphatic carboxylic acids is 1. The van der Waals surface area contributed by atoms with Gasteiger partial charge in [0, 0.05) is 5.56 Å². The maximum absolute atomic E-state index is 11.6. The third-order valence-corrected chi connectivity index (χ3v) is 4.03. The number of carbonyl (C=O) groups is 1. The van der Waals surface area contributed by atoms with Gasteiger partial charge in [0.05, 0.1) is 12.5 Å². The number of aryl methyl sites for hydroxylation is 1. The maximum atomic E-state index is 11.6. The summed E-state index contributed by atoms with van der Waals surface area (Å²) in [6.45, 7) is 3.97. The monoisotopic (exact) mass is 234 g/mol. The number of hydrogen-bond acceptors (Lipinski definition) is 2. The predicted molar refractivity (Wildman–Crippen MR) is 65.4 cm³/mol. The van der Waals surface area contributed by atoms with Crippen LogP contribution in [0.1, 0.15) is 30.9 Å². The van der Waals surface area contributed by atoms with Crippen LogP contribution in [0.15, 0.2) is 18.2 Å². The van der Waals surface area contributed by atoms with Crippen molar-refractivity contribution >= 4 is 5.97 Å². The largest absolute Gasteiger partial charge is 0.496 e. The molecular formula is C14H18O3. The molecule has 0 heterocycles. The first-order valence-corrected chi connectivity index (χ1v) is 5.91. The van der Waals surface area contributed by atoms with E-state index in [4.69, 9.17) is 4.74 Å². The quantitative estimate of drug-likeness (QED) is 0.874. The summed E-state index contributed by atoms with van der Waals surface area (Å²) in [6, 6.07) is 5.75. The molecule has 2 atom stereocenters. The Balaban J connectivity index is 2.58. The van der Waals surface area contributed by atoms with Gasteiger partial charge in [-0.15, -0.1) is 0 Å². The summed E-state index contributed by atoms with van der Waals surface area (Å²) in [5.41, 5.74) is 1.14. The Morgan fingerprint density at radius 1 is 1.53 bits per heavy atom. The summed E-state index contributed by atoms with van der Waals surface area (Å²) < 4.78 is 5.32. The fraction of sp³-hybridized carbons (Fsp3) is 0.500. The average molecular weight is 234 g/mol. The first-order valence-electron chi connectivity index (χ1n) is 5.91. The molecule has 3 heteroatoms. The minimum atomic E-state index is -0.753. The van der Waals surface area contributed by atoms with E-state index in [2.05, 4.69) is 0 Å². The van der Waals surface area contributed by atoms with Crippen LogP contribution in [-0.2, 0) is 10.2 Å². The van der Waals surface area contributed by atoms with Crippen molar-refractivity contribution in [2.45, 2.75) is 32.1 Å². The van der Waals surface area contributed by atoms with Crippen molar-refractivity contribution < 1.29 is 14.6 Å². The number of carboxylic acid groups (broad SMARTS) is 1. The standard InChI is InChI=1S/C14H18O3/c1-9-4-5-12(17-3)11(8-9)14(13(15)16)7-6-10(14)2/h4-5,8,10H,6-7H2,1-3H3,(H,15,16). The van der Waals surface area contributed by atoms with Crippen molar-refractivity contribution in [3.05, 3.63) is 29.3 Å². The van der Waals surface area contributed by atoms with Gasteiger partial charge in [0.2, 0.25) is 0 Å².